The summed E-state index contributed by atoms with van der Waals surface area (Å²) in [6.07, 6.45) is 3.81. The molecule has 7 nitrogen and oxygen atoms in total. The molecule has 1 atom stereocenters. The summed E-state index contributed by atoms with van der Waals surface area (Å²) in [5, 5.41) is 0. The van der Waals surface area contributed by atoms with Gasteiger partial charge in [0.05, 0.1) is 42.7 Å². The third-order valence-electron chi connectivity index (χ3n) is 6.51. The number of ether oxygens (including phenoxy) is 3. The van der Waals surface area contributed by atoms with Gasteiger partial charge in [-0.15, -0.1) is 11.8 Å². The summed E-state index contributed by atoms with van der Waals surface area (Å²) >= 11 is 2.90. The van der Waals surface area contributed by atoms with Crippen LogP contribution in [0.25, 0.3) is 11.8 Å². The van der Waals surface area contributed by atoms with Gasteiger partial charge in [-0.25, -0.2) is 9.79 Å². The average molecular weight is 573 g/mol. The molecule has 2 heterocycles. The van der Waals surface area contributed by atoms with Crippen molar-refractivity contribution in [1.82, 2.24) is 4.57 Å². The Morgan fingerprint density at radius 3 is 2.40 bits per heavy atom. The van der Waals surface area contributed by atoms with Gasteiger partial charge in [-0.1, -0.05) is 59.9 Å². The highest BCUT2D eigenvalue weighted by molar-refractivity contribution is 7.98. The van der Waals surface area contributed by atoms with Crippen LogP contribution in [0.4, 0.5) is 0 Å². The summed E-state index contributed by atoms with van der Waals surface area (Å²) in [5.74, 6) is 0.659. The first-order chi connectivity index (χ1) is 19.5. The zero-order chi connectivity index (χ0) is 28.2. The Morgan fingerprint density at radius 1 is 1.02 bits per heavy atom. The minimum Gasteiger partial charge on any atom is -0.493 e. The molecule has 0 fully saturated rings. The Bertz CT molecular complexity index is 1760. The van der Waals surface area contributed by atoms with Gasteiger partial charge in [0.2, 0.25) is 0 Å². The molecule has 5 rings (SSSR count). The van der Waals surface area contributed by atoms with E-state index in [0.717, 1.165) is 21.6 Å². The van der Waals surface area contributed by atoms with Gasteiger partial charge in [0.15, 0.2) is 16.3 Å². The normalized spacial score (nSPS) is 14.9. The molecule has 40 heavy (non-hydrogen) atoms. The number of rotatable bonds is 8. The van der Waals surface area contributed by atoms with E-state index in [1.165, 1.54) is 11.3 Å². The van der Waals surface area contributed by atoms with Crippen molar-refractivity contribution in [3.8, 4) is 11.5 Å². The maximum Gasteiger partial charge on any atom is 0.338 e. The predicted molar refractivity (Wildman–Crippen MR) is 159 cm³/mol. The van der Waals surface area contributed by atoms with Crippen LogP contribution in [0.1, 0.15) is 29.7 Å². The van der Waals surface area contributed by atoms with Gasteiger partial charge in [-0.05, 0) is 54.6 Å². The molecule has 0 bridgehead atoms. The van der Waals surface area contributed by atoms with Crippen LogP contribution in [-0.4, -0.2) is 37.6 Å². The molecule has 0 aliphatic carbocycles. The molecule has 1 aromatic heterocycles. The fraction of sp³-hybridized carbons (Fsp3) is 0.194. The Labute approximate surface area is 240 Å². The smallest absolute Gasteiger partial charge is 0.338 e. The second-order valence-electron chi connectivity index (χ2n) is 8.82. The van der Waals surface area contributed by atoms with Crippen LogP contribution in [0.5, 0.6) is 11.5 Å². The third kappa shape index (κ3) is 5.22. The molecular weight excluding hydrogens is 544 g/mol. The summed E-state index contributed by atoms with van der Waals surface area (Å²) in [5.41, 5.74) is 2.92. The maximum atomic E-state index is 14.0. The largest absolute Gasteiger partial charge is 0.493 e. The molecule has 9 heteroatoms. The van der Waals surface area contributed by atoms with Gasteiger partial charge in [-0.2, -0.15) is 0 Å². The number of nitrogens with zero attached hydrogens (tertiary/aromatic N) is 2. The lowest BCUT2D eigenvalue weighted by Gasteiger charge is -2.26. The second-order valence-corrected chi connectivity index (χ2v) is 10.7. The van der Waals surface area contributed by atoms with Crippen molar-refractivity contribution in [2.75, 3.05) is 27.1 Å². The van der Waals surface area contributed by atoms with Crippen LogP contribution in [0.2, 0.25) is 0 Å². The van der Waals surface area contributed by atoms with Gasteiger partial charge in [0, 0.05) is 10.5 Å². The molecule has 0 amide bonds. The first kappa shape index (κ1) is 27.5. The van der Waals surface area contributed by atoms with E-state index >= 15 is 0 Å². The molecule has 0 spiro atoms. The third-order valence-corrected chi connectivity index (χ3v) is 8.24. The molecule has 204 valence electrons. The molecule has 3 aromatic carbocycles. The maximum absolute atomic E-state index is 14.0. The molecule has 1 aliphatic rings. The van der Waals surface area contributed by atoms with E-state index in [1.54, 1.807) is 49.6 Å². The first-order valence-electron chi connectivity index (χ1n) is 12.6. The van der Waals surface area contributed by atoms with Gasteiger partial charge >= 0.3 is 5.97 Å². The lowest BCUT2D eigenvalue weighted by molar-refractivity contribution is -0.138. The molecule has 0 saturated carbocycles. The lowest BCUT2D eigenvalue weighted by atomic mass is 9.93. The fourth-order valence-electron chi connectivity index (χ4n) is 4.64. The number of carbonyl (C=O) groups excluding carboxylic acids is 1. The van der Waals surface area contributed by atoms with Crippen LogP contribution >= 0.6 is 23.1 Å². The Morgan fingerprint density at radius 2 is 1.75 bits per heavy atom. The van der Waals surface area contributed by atoms with E-state index in [2.05, 4.69) is 0 Å². The SMILES string of the molecule is CCOC(=O)C1=C(c2ccccc2)N=c2s/c(=C\c3ccc(OC)c(OC)c3)c(=O)n2[C@H]1c1ccc(SC)cc1. The molecule has 0 radical (unpaired) electrons. The number of hydrogen-bond acceptors (Lipinski definition) is 8. The van der Waals surface area contributed by atoms with Crippen LogP contribution in [0.3, 0.4) is 0 Å². The Kier molecular flexibility index (Phi) is 8.23. The van der Waals surface area contributed by atoms with E-state index < -0.39 is 12.0 Å². The van der Waals surface area contributed by atoms with E-state index in [0.29, 0.717) is 32.1 Å². The summed E-state index contributed by atoms with van der Waals surface area (Å²) in [4.78, 5) is 34.0. The zero-order valence-corrected chi connectivity index (χ0v) is 24.2. The predicted octanol–water partition coefficient (Wildman–Crippen LogP) is 4.67. The number of benzene rings is 3. The minimum atomic E-state index is -0.714. The first-order valence-corrected chi connectivity index (χ1v) is 14.7. The van der Waals surface area contributed by atoms with E-state index in [4.69, 9.17) is 19.2 Å². The average Bonchev–Trinajstić information content (AvgIpc) is 3.30. The number of methoxy groups -OCH3 is 2. The van der Waals surface area contributed by atoms with Crippen LogP contribution in [0.15, 0.2) is 93.1 Å². The van der Waals surface area contributed by atoms with Crippen molar-refractivity contribution in [3.05, 3.63) is 115 Å². The quantitative estimate of drug-likeness (QED) is 0.226. The van der Waals surface area contributed by atoms with Crippen LogP contribution in [-0.2, 0) is 9.53 Å². The van der Waals surface area contributed by atoms with Crippen molar-refractivity contribution < 1.29 is 19.0 Å². The molecule has 0 unspecified atom stereocenters. The number of thioether (sulfide) groups is 1. The monoisotopic (exact) mass is 572 g/mol. The Hall–Kier alpha value is -4.08. The zero-order valence-electron chi connectivity index (χ0n) is 22.5. The Balaban J connectivity index is 1.79. The molecule has 0 N–H and O–H groups in total. The highest BCUT2D eigenvalue weighted by Crippen LogP contribution is 2.35. The van der Waals surface area contributed by atoms with Crippen molar-refractivity contribution in [3.63, 3.8) is 0 Å². The molecule has 1 aliphatic heterocycles. The minimum absolute atomic E-state index is 0.201. The summed E-state index contributed by atoms with van der Waals surface area (Å²) in [6, 6.07) is 22.2. The van der Waals surface area contributed by atoms with Crippen molar-refractivity contribution in [2.45, 2.75) is 17.9 Å². The topological polar surface area (TPSA) is 79.1 Å². The second kappa shape index (κ2) is 12.0. The standard InChI is InChI=1S/C31H28N2O5S2/c1-5-38-30(35)26-27(20-9-7-6-8-10-20)32-31-33(28(26)21-12-14-22(39-4)15-13-21)29(34)25(40-31)18-19-11-16-23(36-2)24(17-19)37-3/h6-18,28H,5H2,1-4H3/b25-18-/t28-/m0/s1. The molecule has 0 saturated heterocycles. The highest BCUT2D eigenvalue weighted by atomic mass is 32.2. The van der Waals surface area contributed by atoms with E-state index in [-0.39, 0.29) is 12.2 Å². The number of esters is 1. The van der Waals surface area contributed by atoms with E-state index in [1.807, 2.05) is 73.0 Å². The number of fused-ring (bicyclic) bond motifs is 1. The number of thiazole rings is 1. The molecule has 4 aromatic rings. The van der Waals surface area contributed by atoms with Crippen molar-refractivity contribution in [2.24, 2.45) is 4.99 Å². The highest BCUT2D eigenvalue weighted by Gasteiger charge is 2.35. The van der Waals surface area contributed by atoms with Gasteiger partial charge in [0.25, 0.3) is 5.56 Å². The van der Waals surface area contributed by atoms with Crippen molar-refractivity contribution >= 4 is 40.8 Å². The number of aromatic nitrogens is 1. The fourth-order valence-corrected chi connectivity index (χ4v) is 6.05. The summed E-state index contributed by atoms with van der Waals surface area (Å²) < 4.78 is 18.4. The van der Waals surface area contributed by atoms with Gasteiger partial charge < -0.3 is 14.2 Å². The van der Waals surface area contributed by atoms with Crippen LogP contribution in [0, 0.1) is 0 Å². The van der Waals surface area contributed by atoms with Crippen LogP contribution < -0.4 is 24.4 Å². The lowest BCUT2D eigenvalue weighted by Crippen LogP contribution is -2.40. The molecular formula is C31H28N2O5S2. The van der Waals surface area contributed by atoms with E-state index in [9.17, 15) is 9.59 Å². The van der Waals surface area contributed by atoms with Crippen molar-refractivity contribution in [1.29, 1.82) is 0 Å². The van der Waals surface area contributed by atoms with Gasteiger partial charge in [-0.3, -0.25) is 9.36 Å². The number of carbonyl (C=O) groups is 1. The number of hydrogen-bond donors (Lipinski definition) is 0. The summed E-state index contributed by atoms with van der Waals surface area (Å²) in [6.45, 7) is 1.97. The van der Waals surface area contributed by atoms with Gasteiger partial charge in [0.1, 0.15) is 0 Å². The summed E-state index contributed by atoms with van der Waals surface area (Å²) in [7, 11) is 3.15.